The van der Waals surface area contributed by atoms with Crippen molar-refractivity contribution in [3.05, 3.63) is 51.8 Å². The molecule has 2 aromatic rings. The van der Waals surface area contributed by atoms with Gasteiger partial charge in [-0.25, -0.2) is 0 Å². The normalized spacial score (nSPS) is 10.8. The summed E-state index contributed by atoms with van der Waals surface area (Å²) in [6.07, 6.45) is 0. The molecule has 0 spiro atoms. The molecule has 1 amide bonds. The molecule has 7 nitrogen and oxygen atoms in total. The number of amides is 1. The first-order valence-corrected chi connectivity index (χ1v) is 5.73. The molecular formula is C13H12N4O3. The van der Waals surface area contributed by atoms with E-state index in [1.807, 2.05) is 6.07 Å². The van der Waals surface area contributed by atoms with Crippen LogP contribution in [0, 0.1) is 6.92 Å². The van der Waals surface area contributed by atoms with Gasteiger partial charge in [-0.2, -0.15) is 5.11 Å². The van der Waals surface area contributed by atoms with E-state index in [0.717, 1.165) is 0 Å². The Bertz CT molecular complexity index is 735. The van der Waals surface area contributed by atoms with E-state index in [4.69, 9.17) is 5.73 Å². The minimum absolute atomic E-state index is 0.0690. The molecule has 1 heterocycles. The predicted molar refractivity (Wildman–Crippen MR) is 72.6 cm³/mol. The molecule has 1 aromatic carbocycles. The predicted octanol–water partition coefficient (Wildman–Crippen LogP) is 1.90. The number of carbonyl (C=O) groups is 1. The molecule has 20 heavy (non-hydrogen) atoms. The standard InChI is InChI=1S/C13H12N4O3/c1-7-9(11(14)18)12(19)15-13(20)10(7)17-16-8-5-3-2-4-6-8/h2-6H,1H3,(H2,14,18)(H2,15,19,20). The summed E-state index contributed by atoms with van der Waals surface area (Å²) < 4.78 is 0. The van der Waals surface area contributed by atoms with Crippen molar-refractivity contribution >= 4 is 17.3 Å². The Kier molecular flexibility index (Phi) is 3.60. The summed E-state index contributed by atoms with van der Waals surface area (Å²) >= 11 is 0. The SMILES string of the molecule is Cc1c(C(N)=O)c(O)[nH]c(=O)c1N=Nc1ccccc1. The number of aromatic nitrogens is 1. The van der Waals surface area contributed by atoms with Crippen LogP contribution >= 0.6 is 0 Å². The van der Waals surface area contributed by atoms with Crippen molar-refractivity contribution < 1.29 is 9.90 Å². The molecule has 0 unspecified atom stereocenters. The highest BCUT2D eigenvalue weighted by atomic mass is 16.3. The zero-order valence-electron chi connectivity index (χ0n) is 10.6. The van der Waals surface area contributed by atoms with E-state index in [1.165, 1.54) is 6.92 Å². The molecule has 0 saturated carbocycles. The maximum absolute atomic E-state index is 11.7. The lowest BCUT2D eigenvalue weighted by atomic mass is 10.1. The fourth-order valence-corrected chi connectivity index (χ4v) is 1.72. The number of primary amides is 1. The van der Waals surface area contributed by atoms with Gasteiger partial charge in [-0.15, -0.1) is 5.11 Å². The number of H-pyrrole nitrogens is 1. The van der Waals surface area contributed by atoms with Crippen molar-refractivity contribution in [3.8, 4) is 5.88 Å². The van der Waals surface area contributed by atoms with Crippen molar-refractivity contribution in [1.29, 1.82) is 0 Å². The van der Waals surface area contributed by atoms with E-state index >= 15 is 0 Å². The van der Waals surface area contributed by atoms with Gasteiger partial charge in [-0.05, 0) is 19.1 Å². The number of aromatic hydroxyl groups is 1. The summed E-state index contributed by atoms with van der Waals surface area (Å²) in [5.41, 5.74) is 4.99. The van der Waals surface area contributed by atoms with E-state index in [1.54, 1.807) is 24.3 Å². The first kappa shape index (κ1) is 13.5. The molecule has 1 aromatic heterocycles. The second kappa shape index (κ2) is 5.35. The molecule has 0 radical (unpaired) electrons. The van der Waals surface area contributed by atoms with Crippen LogP contribution in [0.1, 0.15) is 15.9 Å². The van der Waals surface area contributed by atoms with E-state index < -0.39 is 17.3 Å². The lowest BCUT2D eigenvalue weighted by molar-refractivity contribution is 0.0996. The van der Waals surface area contributed by atoms with Crippen LogP contribution in [-0.4, -0.2) is 16.0 Å². The summed E-state index contributed by atoms with van der Waals surface area (Å²) in [5, 5.41) is 17.2. The largest absolute Gasteiger partial charge is 0.494 e. The van der Waals surface area contributed by atoms with E-state index in [-0.39, 0.29) is 16.8 Å². The Labute approximate surface area is 113 Å². The molecule has 102 valence electrons. The summed E-state index contributed by atoms with van der Waals surface area (Å²) in [5.74, 6) is -1.42. The van der Waals surface area contributed by atoms with Crippen LogP contribution in [-0.2, 0) is 0 Å². The first-order valence-electron chi connectivity index (χ1n) is 5.73. The Morgan fingerprint density at radius 1 is 1.25 bits per heavy atom. The van der Waals surface area contributed by atoms with Crippen LogP contribution in [0.5, 0.6) is 5.88 Å². The average Bonchev–Trinajstić information content (AvgIpc) is 2.38. The lowest BCUT2D eigenvalue weighted by Gasteiger charge is -2.05. The van der Waals surface area contributed by atoms with Crippen LogP contribution in [0.2, 0.25) is 0 Å². The number of hydrogen-bond donors (Lipinski definition) is 3. The number of nitrogens with zero attached hydrogens (tertiary/aromatic N) is 2. The molecule has 0 fully saturated rings. The highest BCUT2D eigenvalue weighted by Gasteiger charge is 2.18. The second-order valence-electron chi connectivity index (χ2n) is 4.05. The third kappa shape index (κ3) is 2.56. The van der Waals surface area contributed by atoms with Gasteiger partial charge in [0.1, 0.15) is 5.56 Å². The first-order chi connectivity index (χ1) is 9.50. The fraction of sp³-hybridized carbons (Fsp3) is 0.0769. The third-order valence-corrected chi connectivity index (χ3v) is 2.68. The van der Waals surface area contributed by atoms with Crippen LogP contribution in [0.25, 0.3) is 0 Å². The molecule has 7 heteroatoms. The second-order valence-corrected chi connectivity index (χ2v) is 4.05. The molecule has 0 aliphatic rings. The summed E-state index contributed by atoms with van der Waals surface area (Å²) in [6.45, 7) is 1.47. The molecule has 2 rings (SSSR count). The van der Waals surface area contributed by atoms with E-state index in [0.29, 0.717) is 5.69 Å². The van der Waals surface area contributed by atoms with Gasteiger partial charge >= 0.3 is 0 Å². The number of azo groups is 1. The lowest BCUT2D eigenvalue weighted by Crippen LogP contribution is -2.18. The van der Waals surface area contributed by atoms with Gasteiger partial charge in [0.05, 0.1) is 5.69 Å². The molecule has 4 N–H and O–H groups in total. The molecule has 0 aliphatic heterocycles. The summed E-state index contributed by atoms with van der Waals surface area (Å²) in [7, 11) is 0. The number of pyridine rings is 1. The minimum atomic E-state index is -0.854. The maximum Gasteiger partial charge on any atom is 0.278 e. The van der Waals surface area contributed by atoms with Crippen LogP contribution in [0.3, 0.4) is 0 Å². The number of carbonyl (C=O) groups excluding carboxylic acids is 1. The van der Waals surface area contributed by atoms with E-state index in [9.17, 15) is 14.7 Å². The van der Waals surface area contributed by atoms with Crippen LogP contribution in [0.15, 0.2) is 45.4 Å². The Morgan fingerprint density at radius 2 is 1.90 bits per heavy atom. The van der Waals surface area contributed by atoms with Gasteiger partial charge in [0.25, 0.3) is 11.5 Å². The van der Waals surface area contributed by atoms with Gasteiger partial charge in [0.15, 0.2) is 5.69 Å². The highest BCUT2D eigenvalue weighted by molar-refractivity contribution is 5.97. The van der Waals surface area contributed by atoms with Crippen molar-refractivity contribution in [3.63, 3.8) is 0 Å². The Balaban J connectivity index is 2.53. The molecule has 0 aliphatic carbocycles. The number of nitrogens with one attached hydrogen (secondary N) is 1. The van der Waals surface area contributed by atoms with Gasteiger partial charge in [0.2, 0.25) is 5.88 Å². The molecule has 0 bridgehead atoms. The Morgan fingerprint density at radius 3 is 2.50 bits per heavy atom. The van der Waals surface area contributed by atoms with Crippen LogP contribution < -0.4 is 11.3 Å². The number of benzene rings is 1. The van der Waals surface area contributed by atoms with Crippen molar-refractivity contribution in [2.75, 3.05) is 0 Å². The number of aromatic amines is 1. The zero-order valence-corrected chi connectivity index (χ0v) is 10.6. The van der Waals surface area contributed by atoms with Gasteiger partial charge in [-0.3, -0.25) is 14.6 Å². The Hall–Kier alpha value is -2.96. The highest BCUT2D eigenvalue weighted by Crippen LogP contribution is 2.24. The van der Waals surface area contributed by atoms with Gasteiger partial charge in [0, 0.05) is 5.56 Å². The van der Waals surface area contributed by atoms with Crippen molar-refractivity contribution in [2.24, 2.45) is 16.0 Å². The average molecular weight is 272 g/mol. The van der Waals surface area contributed by atoms with Crippen LogP contribution in [0.4, 0.5) is 11.4 Å². The van der Waals surface area contributed by atoms with Crippen molar-refractivity contribution in [1.82, 2.24) is 4.98 Å². The van der Waals surface area contributed by atoms with Gasteiger partial charge in [-0.1, -0.05) is 18.2 Å². The summed E-state index contributed by atoms with van der Waals surface area (Å²) in [6, 6.07) is 8.79. The quantitative estimate of drug-likeness (QED) is 0.739. The topological polar surface area (TPSA) is 121 Å². The smallest absolute Gasteiger partial charge is 0.278 e. The number of hydrogen-bond acceptors (Lipinski definition) is 5. The minimum Gasteiger partial charge on any atom is -0.494 e. The summed E-state index contributed by atoms with van der Waals surface area (Å²) in [4.78, 5) is 25.1. The monoisotopic (exact) mass is 272 g/mol. The van der Waals surface area contributed by atoms with E-state index in [2.05, 4.69) is 15.2 Å². The fourth-order valence-electron chi connectivity index (χ4n) is 1.72. The third-order valence-electron chi connectivity index (χ3n) is 2.68. The number of nitrogens with two attached hydrogens (primary N) is 1. The molecule has 0 saturated heterocycles. The van der Waals surface area contributed by atoms with Crippen molar-refractivity contribution in [2.45, 2.75) is 6.92 Å². The molecular weight excluding hydrogens is 260 g/mol. The van der Waals surface area contributed by atoms with Gasteiger partial charge < -0.3 is 10.8 Å². The maximum atomic E-state index is 11.7. The number of rotatable bonds is 3. The zero-order chi connectivity index (χ0) is 14.7. The molecule has 0 atom stereocenters.